The molecule has 2 saturated heterocycles. The molecule has 2 aromatic rings. The summed E-state index contributed by atoms with van der Waals surface area (Å²) in [7, 11) is 2.17. The predicted molar refractivity (Wildman–Crippen MR) is 89.2 cm³/mol. The van der Waals surface area contributed by atoms with E-state index in [1.165, 1.54) is 12.0 Å². The molecule has 0 bridgehead atoms. The first kappa shape index (κ1) is 15.7. The summed E-state index contributed by atoms with van der Waals surface area (Å²) in [6.45, 7) is 3.67. The maximum absolute atomic E-state index is 6.18. The standard InChI is InChI=1S/C18H24N4O2/c1-21(9-15-7-19-13-20-8-15)17-11-22(10-14-4-6-23-12-14)16-3-2-5-24-18(16)17/h4,6-8,12-13,16-18H,2-3,5,9-11H2,1H3/t16-,17-,18+/m1/s1. The van der Waals surface area contributed by atoms with E-state index < -0.39 is 0 Å². The van der Waals surface area contributed by atoms with Crippen LogP contribution in [0.25, 0.3) is 0 Å². The fourth-order valence-corrected chi connectivity index (χ4v) is 4.03. The van der Waals surface area contributed by atoms with Gasteiger partial charge in [-0.1, -0.05) is 0 Å². The minimum atomic E-state index is 0.278. The third-order valence-corrected chi connectivity index (χ3v) is 5.18. The highest BCUT2D eigenvalue weighted by atomic mass is 16.5. The fourth-order valence-electron chi connectivity index (χ4n) is 4.03. The maximum atomic E-state index is 6.18. The van der Waals surface area contributed by atoms with Crippen molar-refractivity contribution in [3.63, 3.8) is 0 Å². The smallest absolute Gasteiger partial charge is 0.115 e. The lowest BCUT2D eigenvalue weighted by molar-refractivity contribution is -0.0385. The fraction of sp³-hybridized carbons (Fsp3) is 0.556. The maximum Gasteiger partial charge on any atom is 0.115 e. The predicted octanol–water partition coefficient (Wildman–Crippen LogP) is 1.93. The molecule has 128 valence electrons. The van der Waals surface area contributed by atoms with Gasteiger partial charge in [0.05, 0.1) is 24.7 Å². The lowest BCUT2D eigenvalue weighted by Crippen LogP contribution is -2.46. The highest BCUT2D eigenvalue weighted by Gasteiger charge is 2.45. The normalized spacial score (nSPS) is 27.5. The molecule has 0 saturated carbocycles. The first-order chi connectivity index (χ1) is 11.8. The number of rotatable bonds is 5. The molecule has 0 N–H and O–H groups in total. The molecule has 0 spiro atoms. The summed E-state index contributed by atoms with van der Waals surface area (Å²) in [5, 5.41) is 0. The minimum absolute atomic E-state index is 0.278. The van der Waals surface area contributed by atoms with E-state index in [1.807, 2.05) is 18.7 Å². The van der Waals surface area contributed by atoms with Crippen LogP contribution < -0.4 is 0 Å². The lowest BCUT2D eigenvalue weighted by atomic mass is 10.00. The first-order valence-corrected chi connectivity index (χ1v) is 8.62. The van der Waals surface area contributed by atoms with Gasteiger partial charge in [-0.15, -0.1) is 0 Å². The number of hydrogen-bond acceptors (Lipinski definition) is 6. The Bertz CT molecular complexity index is 634. The van der Waals surface area contributed by atoms with E-state index in [4.69, 9.17) is 9.15 Å². The second-order valence-electron chi connectivity index (χ2n) is 6.84. The Kier molecular flexibility index (Phi) is 4.60. The Morgan fingerprint density at radius 3 is 2.96 bits per heavy atom. The SMILES string of the molecule is CN(Cc1cncnc1)[C@@H]1CN(Cc2ccoc2)[C@@H]2CCCO[C@H]12. The van der Waals surface area contributed by atoms with Crippen LogP contribution in [0.3, 0.4) is 0 Å². The van der Waals surface area contributed by atoms with E-state index in [1.54, 1.807) is 12.6 Å². The van der Waals surface area contributed by atoms with Crippen molar-refractivity contribution in [2.75, 3.05) is 20.2 Å². The highest BCUT2D eigenvalue weighted by Crippen LogP contribution is 2.32. The molecule has 0 aromatic carbocycles. The van der Waals surface area contributed by atoms with Crippen molar-refractivity contribution < 1.29 is 9.15 Å². The molecule has 4 heterocycles. The van der Waals surface area contributed by atoms with Gasteiger partial charge in [0.2, 0.25) is 0 Å². The van der Waals surface area contributed by atoms with Crippen LogP contribution in [-0.2, 0) is 17.8 Å². The third-order valence-electron chi connectivity index (χ3n) is 5.18. The van der Waals surface area contributed by atoms with Crippen LogP contribution in [0.15, 0.2) is 41.7 Å². The van der Waals surface area contributed by atoms with Crippen LogP contribution in [-0.4, -0.2) is 58.2 Å². The summed E-state index contributed by atoms with van der Waals surface area (Å²) in [6.07, 6.45) is 11.6. The summed E-state index contributed by atoms with van der Waals surface area (Å²) in [5.41, 5.74) is 2.37. The van der Waals surface area contributed by atoms with Gasteiger partial charge in [0.25, 0.3) is 0 Å². The van der Waals surface area contributed by atoms with Crippen LogP contribution in [0.5, 0.6) is 0 Å². The monoisotopic (exact) mass is 328 g/mol. The largest absolute Gasteiger partial charge is 0.472 e. The van der Waals surface area contributed by atoms with Gasteiger partial charge in [0.1, 0.15) is 6.33 Å². The van der Waals surface area contributed by atoms with Gasteiger partial charge < -0.3 is 9.15 Å². The molecule has 3 atom stereocenters. The van der Waals surface area contributed by atoms with Crippen LogP contribution >= 0.6 is 0 Å². The zero-order valence-corrected chi connectivity index (χ0v) is 14.0. The summed E-state index contributed by atoms with van der Waals surface area (Å²) < 4.78 is 11.4. The average Bonchev–Trinajstić information content (AvgIpc) is 3.25. The van der Waals surface area contributed by atoms with Gasteiger partial charge in [0, 0.05) is 55.8 Å². The van der Waals surface area contributed by atoms with Crippen LogP contribution in [0.4, 0.5) is 0 Å². The van der Waals surface area contributed by atoms with Crippen LogP contribution in [0.2, 0.25) is 0 Å². The average molecular weight is 328 g/mol. The second-order valence-corrected chi connectivity index (χ2v) is 6.84. The number of hydrogen-bond donors (Lipinski definition) is 0. The van der Waals surface area contributed by atoms with Crippen molar-refractivity contribution in [2.24, 2.45) is 0 Å². The highest BCUT2D eigenvalue weighted by molar-refractivity contribution is 5.10. The molecular formula is C18H24N4O2. The van der Waals surface area contributed by atoms with Crippen molar-refractivity contribution in [2.45, 2.75) is 44.1 Å². The van der Waals surface area contributed by atoms with Crippen molar-refractivity contribution in [3.05, 3.63) is 48.4 Å². The number of aromatic nitrogens is 2. The van der Waals surface area contributed by atoms with Crippen molar-refractivity contribution in [3.8, 4) is 0 Å². The molecule has 0 amide bonds. The van der Waals surface area contributed by atoms with Gasteiger partial charge in [-0.05, 0) is 26.0 Å². The molecule has 2 fully saturated rings. The van der Waals surface area contributed by atoms with E-state index in [-0.39, 0.29) is 6.10 Å². The molecule has 2 aliphatic heterocycles. The Balaban J connectivity index is 1.48. The molecule has 2 aromatic heterocycles. The molecule has 2 aliphatic rings. The summed E-state index contributed by atoms with van der Waals surface area (Å²) in [6, 6.07) is 2.94. The third kappa shape index (κ3) is 3.22. The molecule has 0 unspecified atom stereocenters. The molecule has 0 aliphatic carbocycles. The molecule has 24 heavy (non-hydrogen) atoms. The Morgan fingerprint density at radius 2 is 2.17 bits per heavy atom. The second kappa shape index (κ2) is 7.01. The van der Waals surface area contributed by atoms with Gasteiger partial charge in [-0.25, -0.2) is 9.97 Å². The molecule has 0 radical (unpaired) electrons. The number of likely N-dealkylation sites (tertiary alicyclic amines) is 1. The summed E-state index contributed by atoms with van der Waals surface area (Å²) >= 11 is 0. The topological polar surface area (TPSA) is 54.6 Å². The minimum Gasteiger partial charge on any atom is -0.472 e. The zero-order chi connectivity index (χ0) is 16.4. The van der Waals surface area contributed by atoms with Gasteiger partial charge in [-0.2, -0.15) is 0 Å². The van der Waals surface area contributed by atoms with Crippen molar-refractivity contribution in [1.29, 1.82) is 0 Å². The molecule has 4 rings (SSSR count). The molecule has 6 nitrogen and oxygen atoms in total. The summed E-state index contributed by atoms with van der Waals surface area (Å²) in [4.78, 5) is 13.2. The summed E-state index contributed by atoms with van der Waals surface area (Å²) in [5.74, 6) is 0. The Labute approximate surface area is 142 Å². The van der Waals surface area contributed by atoms with Crippen LogP contribution in [0.1, 0.15) is 24.0 Å². The van der Waals surface area contributed by atoms with Gasteiger partial charge in [0.15, 0.2) is 0 Å². The van der Waals surface area contributed by atoms with Crippen molar-refractivity contribution in [1.82, 2.24) is 19.8 Å². The quantitative estimate of drug-likeness (QED) is 0.836. The first-order valence-electron chi connectivity index (χ1n) is 8.62. The van der Waals surface area contributed by atoms with Crippen LogP contribution in [0, 0.1) is 0 Å². The van der Waals surface area contributed by atoms with Gasteiger partial charge >= 0.3 is 0 Å². The van der Waals surface area contributed by atoms with E-state index in [0.29, 0.717) is 12.1 Å². The van der Waals surface area contributed by atoms with E-state index in [9.17, 15) is 0 Å². The van der Waals surface area contributed by atoms with Crippen molar-refractivity contribution >= 4 is 0 Å². The van der Waals surface area contributed by atoms with Gasteiger partial charge in [-0.3, -0.25) is 9.80 Å². The Morgan fingerprint density at radius 1 is 1.29 bits per heavy atom. The number of likely N-dealkylation sites (N-methyl/N-ethyl adjacent to an activating group) is 1. The van der Waals surface area contributed by atoms with E-state index in [2.05, 4.69) is 32.9 Å². The number of ether oxygens (including phenoxy) is 1. The zero-order valence-electron chi connectivity index (χ0n) is 14.0. The number of furan rings is 1. The van der Waals surface area contributed by atoms with E-state index in [0.717, 1.165) is 38.2 Å². The molecular weight excluding hydrogens is 304 g/mol. The number of fused-ring (bicyclic) bond motifs is 1. The molecule has 6 heteroatoms. The number of nitrogens with zero attached hydrogens (tertiary/aromatic N) is 4. The Hall–Kier alpha value is -1.76. The van der Waals surface area contributed by atoms with E-state index >= 15 is 0 Å². The lowest BCUT2D eigenvalue weighted by Gasteiger charge is -2.34.